The minimum Gasteiger partial charge on any atom is -0.493 e. The van der Waals surface area contributed by atoms with Gasteiger partial charge in [0.1, 0.15) is 0 Å². The van der Waals surface area contributed by atoms with Crippen molar-refractivity contribution >= 4 is 11.8 Å². The van der Waals surface area contributed by atoms with Gasteiger partial charge in [-0.2, -0.15) is 18.2 Å². The first-order valence-corrected chi connectivity index (χ1v) is 10.6. The van der Waals surface area contributed by atoms with Crippen LogP contribution >= 0.6 is 11.8 Å². The van der Waals surface area contributed by atoms with Gasteiger partial charge in [0, 0.05) is 11.1 Å². The van der Waals surface area contributed by atoms with E-state index in [4.69, 9.17) is 23.2 Å². The molecule has 0 saturated heterocycles. The van der Waals surface area contributed by atoms with Crippen molar-refractivity contribution in [3.05, 3.63) is 47.9 Å². The Kier molecular flexibility index (Phi) is 6.63. The molecule has 0 N–H and O–H groups in total. The van der Waals surface area contributed by atoms with Crippen LogP contribution in [0.3, 0.4) is 0 Å². The van der Waals surface area contributed by atoms with Crippen molar-refractivity contribution in [3.63, 3.8) is 0 Å². The summed E-state index contributed by atoms with van der Waals surface area (Å²) in [6.07, 6.45) is -4.41. The molecule has 4 aromatic rings. The molecule has 178 valence electrons. The Bertz CT molecular complexity index is 1250. The number of methoxy groups -OCH3 is 3. The Hall–Kier alpha value is -3.74. The van der Waals surface area contributed by atoms with Crippen LogP contribution in [-0.2, 0) is 11.9 Å². The maximum atomic E-state index is 12.7. The van der Waals surface area contributed by atoms with Gasteiger partial charge < -0.3 is 23.2 Å². The molecule has 2 aromatic carbocycles. The smallest absolute Gasteiger partial charge is 0.416 e. The van der Waals surface area contributed by atoms with E-state index in [2.05, 4.69) is 20.3 Å². The molecule has 0 unspecified atom stereocenters. The van der Waals surface area contributed by atoms with E-state index >= 15 is 0 Å². The molecule has 13 heteroatoms. The van der Waals surface area contributed by atoms with Gasteiger partial charge in [-0.1, -0.05) is 29.1 Å². The predicted molar refractivity (Wildman–Crippen MR) is 114 cm³/mol. The maximum absolute atomic E-state index is 12.7. The van der Waals surface area contributed by atoms with Crippen molar-refractivity contribution < 1.29 is 36.3 Å². The zero-order valence-corrected chi connectivity index (χ0v) is 18.9. The van der Waals surface area contributed by atoms with Crippen LogP contribution in [0.1, 0.15) is 11.5 Å². The molecule has 0 saturated carbocycles. The number of alkyl halides is 3. The average molecular weight is 494 g/mol. The van der Waals surface area contributed by atoms with E-state index in [0.717, 1.165) is 23.9 Å². The van der Waals surface area contributed by atoms with Crippen molar-refractivity contribution in [1.29, 1.82) is 0 Å². The zero-order chi connectivity index (χ0) is 24.3. The number of aromatic nitrogens is 4. The van der Waals surface area contributed by atoms with E-state index in [1.165, 1.54) is 33.5 Å². The highest BCUT2D eigenvalue weighted by Crippen LogP contribution is 2.41. The van der Waals surface area contributed by atoms with Crippen LogP contribution in [0.25, 0.3) is 22.8 Å². The minimum absolute atomic E-state index is 0.174. The lowest BCUT2D eigenvalue weighted by Crippen LogP contribution is -2.04. The first-order chi connectivity index (χ1) is 16.3. The third-order valence-electron chi connectivity index (χ3n) is 4.58. The van der Waals surface area contributed by atoms with E-state index in [1.807, 2.05) is 0 Å². The molecule has 9 nitrogen and oxygen atoms in total. The SMILES string of the molecule is COc1cc(-c2nnc(SCc3nc(-c4ccc(C(F)(F)F)cc4)no3)o2)cc(OC)c1OC. The molecule has 0 spiro atoms. The predicted octanol–water partition coefficient (Wildman–Crippen LogP) is 5.12. The normalized spacial score (nSPS) is 11.5. The Morgan fingerprint density at radius 3 is 2.18 bits per heavy atom. The summed E-state index contributed by atoms with van der Waals surface area (Å²) >= 11 is 1.16. The molecule has 0 amide bonds. The summed E-state index contributed by atoms with van der Waals surface area (Å²) in [6, 6.07) is 7.85. The van der Waals surface area contributed by atoms with Gasteiger partial charge in [-0.15, -0.1) is 10.2 Å². The average Bonchev–Trinajstić information content (AvgIpc) is 3.51. The highest BCUT2D eigenvalue weighted by atomic mass is 32.2. The van der Waals surface area contributed by atoms with Crippen molar-refractivity contribution in [2.75, 3.05) is 21.3 Å². The third kappa shape index (κ3) is 4.93. The molecule has 0 aliphatic carbocycles. The molecule has 0 radical (unpaired) electrons. The number of nitrogens with zero attached hydrogens (tertiary/aromatic N) is 4. The van der Waals surface area contributed by atoms with Crippen molar-refractivity contribution in [1.82, 2.24) is 20.3 Å². The molecule has 2 heterocycles. The lowest BCUT2D eigenvalue weighted by molar-refractivity contribution is -0.137. The lowest BCUT2D eigenvalue weighted by atomic mass is 10.1. The fraction of sp³-hybridized carbons (Fsp3) is 0.238. The zero-order valence-electron chi connectivity index (χ0n) is 18.0. The highest BCUT2D eigenvalue weighted by Gasteiger charge is 2.30. The topological polar surface area (TPSA) is 106 Å². The molecule has 0 fully saturated rings. The summed E-state index contributed by atoms with van der Waals surface area (Å²) < 4.78 is 65.0. The van der Waals surface area contributed by atoms with Crippen molar-refractivity contribution in [2.45, 2.75) is 17.2 Å². The number of benzene rings is 2. The maximum Gasteiger partial charge on any atom is 0.416 e. The summed E-state index contributed by atoms with van der Waals surface area (Å²) in [6.45, 7) is 0. The van der Waals surface area contributed by atoms with Gasteiger partial charge in [0.05, 0.1) is 32.6 Å². The molecule has 0 aliphatic heterocycles. The first-order valence-electron chi connectivity index (χ1n) is 9.59. The summed E-state index contributed by atoms with van der Waals surface area (Å²) in [7, 11) is 4.50. The number of hydrogen-bond acceptors (Lipinski definition) is 10. The Morgan fingerprint density at radius 1 is 0.912 bits per heavy atom. The second kappa shape index (κ2) is 9.63. The van der Waals surface area contributed by atoms with Gasteiger partial charge in [-0.05, 0) is 24.3 Å². The van der Waals surface area contributed by atoms with Crippen LogP contribution < -0.4 is 14.2 Å². The van der Waals surface area contributed by atoms with Gasteiger partial charge in [-0.3, -0.25) is 0 Å². The van der Waals surface area contributed by atoms with Crippen molar-refractivity contribution in [3.8, 4) is 40.1 Å². The van der Waals surface area contributed by atoms with Gasteiger partial charge in [0.2, 0.25) is 23.4 Å². The molecule has 2 aromatic heterocycles. The second-order valence-corrected chi connectivity index (χ2v) is 7.59. The fourth-order valence-corrected chi connectivity index (χ4v) is 3.55. The number of rotatable bonds is 8. The van der Waals surface area contributed by atoms with E-state index in [-0.39, 0.29) is 28.6 Å². The third-order valence-corrected chi connectivity index (χ3v) is 5.38. The molecule has 0 aliphatic rings. The summed E-state index contributed by atoms with van der Waals surface area (Å²) in [4.78, 5) is 4.20. The Balaban J connectivity index is 1.45. The summed E-state index contributed by atoms with van der Waals surface area (Å²) in [5, 5.41) is 12.1. The Labute approximate surface area is 195 Å². The van der Waals surface area contributed by atoms with E-state index < -0.39 is 11.7 Å². The Morgan fingerprint density at radius 2 is 1.59 bits per heavy atom. The fourth-order valence-electron chi connectivity index (χ4n) is 2.95. The monoisotopic (exact) mass is 494 g/mol. The van der Waals surface area contributed by atoms with Gasteiger partial charge in [0.25, 0.3) is 5.22 Å². The standard InChI is InChI=1S/C21H17F3N4O5S/c1-29-14-8-12(9-15(30-2)17(14)31-3)19-26-27-20(32-19)34-10-16-25-18(28-33-16)11-4-6-13(7-5-11)21(22,23)24/h4-9H,10H2,1-3H3. The van der Waals surface area contributed by atoms with Crippen molar-refractivity contribution in [2.24, 2.45) is 0 Å². The molecule has 0 atom stereocenters. The lowest BCUT2D eigenvalue weighted by Gasteiger charge is -2.12. The van der Waals surface area contributed by atoms with E-state index in [0.29, 0.717) is 28.4 Å². The van der Waals surface area contributed by atoms with E-state index in [9.17, 15) is 13.2 Å². The quantitative estimate of drug-likeness (QED) is 0.306. The second-order valence-electron chi connectivity index (χ2n) is 6.66. The molecular weight excluding hydrogens is 477 g/mol. The van der Waals surface area contributed by atoms with Crippen LogP contribution in [-0.4, -0.2) is 41.7 Å². The number of hydrogen-bond donors (Lipinski definition) is 0. The largest absolute Gasteiger partial charge is 0.493 e. The van der Waals surface area contributed by atoms with Crippen LogP contribution in [0, 0.1) is 0 Å². The molecular formula is C21H17F3N4O5S. The number of ether oxygens (including phenoxy) is 3. The van der Waals surface area contributed by atoms with Crippen LogP contribution in [0.2, 0.25) is 0 Å². The van der Waals surface area contributed by atoms with Gasteiger partial charge in [-0.25, -0.2) is 0 Å². The van der Waals surface area contributed by atoms with Crippen LogP contribution in [0.4, 0.5) is 13.2 Å². The highest BCUT2D eigenvalue weighted by molar-refractivity contribution is 7.98. The minimum atomic E-state index is -4.41. The van der Waals surface area contributed by atoms with E-state index in [1.54, 1.807) is 12.1 Å². The number of halogens is 3. The van der Waals surface area contributed by atoms with Crippen LogP contribution in [0.5, 0.6) is 17.2 Å². The number of thioether (sulfide) groups is 1. The van der Waals surface area contributed by atoms with Gasteiger partial charge in [0.15, 0.2) is 11.5 Å². The summed E-state index contributed by atoms with van der Waals surface area (Å²) in [5.41, 5.74) is 0.210. The molecule has 4 rings (SSSR count). The van der Waals surface area contributed by atoms with Crippen LogP contribution in [0.15, 0.2) is 50.6 Å². The molecule has 34 heavy (non-hydrogen) atoms. The molecule has 0 bridgehead atoms. The first kappa shape index (κ1) is 23.4. The summed E-state index contributed by atoms with van der Waals surface area (Å²) in [5.74, 6) is 2.17. The van der Waals surface area contributed by atoms with Gasteiger partial charge >= 0.3 is 6.18 Å².